The number of hydrogen-bond acceptors (Lipinski definition) is 7. The van der Waals surface area contributed by atoms with E-state index in [2.05, 4.69) is 10.5 Å². The van der Waals surface area contributed by atoms with E-state index in [1.165, 1.54) is 12.1 Å². The minimum Gasteiger partial charge on any atom is -0.398 e. The van der Waals surface area contributed by atoms with Gasteiger partial charge >= 0.3 is 5.69 Å². The summed E-state index contributed by atoms with van der Waals surface area (Å²) in [4.78, 5) is 20.9. The summed E-state index contributed by atoms with van der Waals surface area (Å²) in [5.74, 6) is 0. The average molecular weight is 391 g/mol. The maximum atomic E-state index is 11.4. The Balaban J connectivity index is 2.10. The molecule has 0 aliphatic carbocycles. The van der Waals surface area contributed by atoms with Gasteiger partial charge in [0, 0.05) is 22.9 Å². The summed E-state index contributed by atoms with van der Waals surface area (Å²) in [6, 6.07) is 18.0. The zero-order chi connectivity index (χ0) is 21.0. The minimum atomic E-state index is -0.700. The van der Waals surface area contributed by atoms with Gasteiger partial charge in [-0.3, -0.25) is 25.7 Å². The van der Waals surface area contributed by atoms with Gasteiger partial charge in [0.25, 0.3) is 5.69 Å². The van der Waals surface area contributed by atoms with Gasteiger partial charge in [0.1, 0.15) is 5.69 Å². The first-order valence-corrected chi connectivity index (χ1v) is 8.55. The van der Waals surface area contributed by atoms with Crippen LogP contribution >= 0.6 is 0 Å². The topological polar surface area (TPSA) is 137 Å². The monoisotopic (exact) mass is 391 g/mol. The Morgan fingerprint density at radius 3 is 2.34 bits per heavy atom. The number of rotatable bonds is 6. The summed E-state index contributed by atoms with van der Waals surface area (Å²) in [5, 5.41) is 26.6. The summed E-state index contributed by atoms with van der Waals surface area (Å²) in [6.45, 7) is 1.92. The van der Waals surface area contributed by atoms with Crippen LogP contribution in [0.4, 0.5) is 22.7 Å². The number of hydrazone groups is 1. The molecule has 9 nitrogen and oxygen atoms in total. The van der Waals surface area contributed by atoms with Gasteiger partial charge in [-0.25, -0.2) is 0 Å². The minimum absolute atomic E-state index is 0.0280. The average Bonchev–Trinajstić information content (AvgIpc) is 2.71. The van der Waals surface area contributed by atoms with Crippen molar-refractivity contribution in [2.24, 2.45) is 5.10 Å². The van der Waals surface area contributed by atoms with Gasteiger partial charge in [0.2, 0.25) is 0 Å². The van der Waals surface area contributed by atoms with E-state index in [1.807, 2.05) is 49.4 Å². The second-order valence-electron chi connectivity index (χ2n) is 6.24. The van der Waals surface area contributed by atoms with Gasteiger partial charge in [-0.05, 0) is 25.1 Å². The van der Waals surface area contributed by atoms with Crippen molar-refractivity contribution in [1.82, 2.24) is 0 Å². The summed E-state index contributed by atoms with van der Waals surface area (Å²) >= 11 is 0. The first-order chi connectivity index (χ1) is 13.9. The molecule has 0 saturated carbocycles. The summed E-state index contributed by atoms with van der Waals surface area (Å²) in [7, 11) is 0. The second-order valence-corrected chi connectivity index (χ2v) is 6.24. The number of nitro benzene ring substituents is 2. The van der Waals surface area contributed by atoms with E-state index in [0.717, 1.165) is 17.2 Å². The van der Waals surface area contributed by atoms with Gasteiger partial charge in [0.15, 0.2) is 0 Å². The van der Waals surface area contributed by atoms with Crippen LogP contribution in [0.3, 0.4) is 0 Å². The molecule has 0 aliphatic rings. The number of benzene rings is 3. The molecule has 146 valence electrons. The number of aryl methyl sites for hydroxylation is 1. The van der Waals surface area contributed by atoms with Crippen LogP contribution in [0.25, 0.3) is 0 Å². The number of nitrogens with two attached hydrogens (primary N) is 1. The SMILES string of the molecule is Cc1ccc(N)c(/C(=N\Nc2ccc([N+](=O)[O-])cc2[N+](=O)[O-])c2ccccc2)c1. The van der Waals surface area contributed by atoms with Gasteiger partial charge in [-0.15, -0.1) is 0 Å². The Kier molecular flexibility index (Phi) is 5.49. The molecule has 3 N–H and O–H groups in total. The summed E-state index contributed by atoms with van der Waals surface area (Å²) in [5.41, 5.74) is 11.4. The molecule has 0 radical (unpaired) electrons. The fourth-order valence-electron chi connectivity index (χ4n) is 2.75. The Morgan fingerprint density at radius 2 is 1.69 bits per heavy atom. The van der Waals surface area contributed by atoms with E-state index >= 15 is 0 Å². The van der Waals surface area contributed by atoms with Gasteiger partial charge in [0.05, 0.1) is 21.6 Å². The normalized spacial score (nSPS) is 11.1. The first-order valence-electron chi connectivity index (χ1n) is 8.55. The quantitative estimate of drug-likeness (QED) is 0.279. The van der Waals surface area contributed by atoms with Crippen LogP contribution < -0.4 is 11.2 Å². The Morgan fingerprint density at radius 1 is 0.966 bits per heavy atom. The predicted molar refractivity (Wildman–Crippen MR) is 111 cm³/mol. The molecule has 29 heavy (non-hydrogen) atoms. The largest absolute Gasteiger partial charge is 0.398 e. The van der Waals surface area contributed by atoms with Crippen molar-refractivity contribution in [2.45, 2.75) is 6.92 Å². The highest BCUT2D eigenvalue weighted by Crippen LogP contribution is 2.29. The fourth-order valence-corrected chi connectivity index (χ4v) is 2.75. The molecule has 0 fully saturated rings. The third-order valence-electron chi connectivity index (χ3n) is 4.19. The number of nitrogen functional groups attached to an aromatic ring is 1. The van der Waals surface area contributed by atoms with Crippen LogP contribution in [0.2, 0.25) is 0 Å². The molecule has 0 spiro atoms. The molecule has 0 aliphatic heterocycles. The third kappa shape index (κ3) is 4.35. The van der Waals surface area contributed by atoms with Gasteiger partial charge in [-0.1, -0.05) is 42.0 Å². The summed E-state index contributed by atoms with van der Waals surface area (Å²) < 4.78 is 0. The lowest BCUT2D eigenvalue weighted by Gasteiger charge is -2.12. The van der Waals surface area contributed by atoms with Crippen molar-refractivity contribution in [3.8, 4) is 0 Å². The zero-order valence-corrected chi connectivity index (χ0v) is 15.4. The fraction of sp³-hybridized carbons (Fsp3) is 0.0500. The Labute approximate surface area is 165 Å². The standard InChI is InChI=1S/C20H17N5O4/c1-13-7-9-17(21)16(11-13)20(14-5-3-2-4-6-14)23-22-18-10-8-15(24(26)27)12-19(18)25(28)29/h2-12,22H,21H2,1H3/b23-20-. The first kappa shape index (κ1) is 19.5. The van der Waals surface area contributed by atoms with E-state index in [9.17, 15) is 20.2 Å². The predicted octanol–water partition coefficient (Wildman–Crippen LogP) is 4.26. The molecule has 3 rings (SSSR count). The number of non-ortho nitro benzene ring substituents is 1. The van der Waals surface area contributed by atoms with Crippen molar-refractivity contribution in [3.63, 3.8) is 0 Å². The van der Waals surface area contributed by atoms with E-state index < -0.39 is 15.5 Å². The van der Waals surface area contributed by atoms with Crippen molar-refractivity contribution < 1.29 is 9.85 Å². The van der Waals surface area contributed by atoms with Crippen LogP contribution in [0.1, 0.15) is 16.7 Å². The number of hydrogen-bond donors (Lipinski definition) is 2. The Bertz CT molecular complexity index is 1110. The lowest BCUT2D eigenvalue weighted by atomic mass is 9.99. The molecule has 3 aromatic carbocycles. The van der Waals surface area contributed by atoms with Crippen LogP contribution in [-0.4, -0.2) is 15.6 Å². The molecular weight excluding hydrogens is 374 g/mol. The molecule has 0 bridgehead atoms. The molecule has 0 heterocycles. The van der Waals surface area contributed by atoms with E-state index in [0.29, 0.717) is 17.0 Å². The molecule has 0 unspecified atom stereocenters. The Hall–Kier alpha value is -4.27. The molecule has 9 heteroatoms. The molecule has 3 aromatic rings. The zero-order valence-electron chi connectivity index (χ0n) is 15.4. The van der Waals surface area contributed by atoms with E-state index in [1.54, 1.807) is 6.07 Å². The smallest absolute Gasteiger partial charge is 0.301 e. The lowest BCUT2D eigenvalue weighted by molar-refractivity contribution is -0.393. The maximum Gasteiger partial charge on any atom is 0.301 e. The number of nitrogens with zero attached hydrogens (tertiary/aromatic N) is 3. The maximum absolute atomic E-state index is 11.4. The van der Waals surface area contributed by atoms with Crippen molar-refractivity contribution >= 4 is 28.5 Å². The molecular formula is C20H17N5O4. The molecule has 0 amide bonds. The van der Waals surface area contributed by atoms with Crippen molar-refractivity contribution in [2.75, 3.05) is 11.2 Å². The van der Waals surface area contributed by atoms with Crippen molar-refractivity contribution in [3.05, 3.63) is 104 Å². The van der Waals surface area contributed by atoms with E-state index in [-0.39, 0.29) is 11.4 Å². The summed E-state index contributed by atoms with van der Waals surface area (Å²) in [6.07, 6.45) is 0. The second kappa shape index (κ2) is 8.17. The highest BCUT2D eigenvalue weighted by Gasteiger charge is 2.20. The molecule has 0 aromatic heterocycles. The number of anilines is 2. The van der Waals surface area contributed by atoms with Crippen LogP contribution in [0.15, 0.2) is 71.8 Å². The van der Waals surface area contributed by atoms with Gasteiger partial charge in [-0.2, -0.15) is 5.10 Å². The van der Waals surface area contributed by atoms with Crippen LogP contribution in [-0.2, 0) is 0 Å². The number of nitro groups is 2. The van der Waals surface area contributed by atoms with Crippen molar-refractivity contribution in [1.29, 1.82) is 0 Å². The van der Waals surface area contributed by atoms with Crippen LogP contribution in [0, 0.1) is 27.2 Å². The highest BCUT2D eigenvalue weighted by atomic mass is 16.6. The molecule has 0 atom stereocenters. The third-order valence-corrected chi connectivity index (χ3v) is 4.19. The highest BCUT2D eigenvalue weighted by molar-refractivity contribution is 6.16. The van der Waals surface area contributed by atoms with Crippen LogP contribution in [0.5, 0.6) is 0 Å². The van der Waals surface area contributed by atoms with Gasteiger partial charge < -0.3 is 5.73 Å². The lowest BCUT2D eigenvalue weighted by Crippen LogP contribution is -2.10. The number of nitrogens with one attached hydrogen (secondary N) is 1. The molecule has 0 saturated heterocycles. The van der Waals surface area contributed by atoms with E-state index in [4.69, 9.17) is 5.73 Å².